The number of nitrogens with zero attached hydrogens (tertiary/aromatic N) is 2. The number of para-hydroxylation sites is 1. The van der Waals surface area contributed by atoms with E-state index in [4.69, 9.17) is 12.2 Å². The fraction of sp³-hybridized carbons (Fsp3) is 0.0500. The lowest BCUT2D eigenvalue weighted by molar-refractivity contribution is 1.23. The number of nitrogens with one attached hydrogen (secondary N) is 1. The minimum absolute atomic E-state index is 0.661. The molecule has 0 fully saturated rings. The van der Waals surface area contributed by atoms with E-state index in [1.54, 1.807) is 0 Å². The minimum Gasteiger partial charge on any atom is -0.346 e. The second kappa shape index (κ2) is 7.62. The maximum Gasteiger partial charge on any atom is 0.111 e. The Morgan fingerprint density at radius 2 is 1.50 bits per heavy atom. The van der Waals surface area contributed by atoms with Crippen LogP contribution in [0.2, 0.25) is 0 Å². The molecule has 24 heavy (non-hydrogen) atoms. The number of thiocarbonyl (C=S) groups is 1. The van der Waals surface area contributed by atoms with Gasteiger partial charge in [0.2, 0.25) is 0 Å². The molecule has 0 spiro atoms. The van der Waals surface area contributed by atoms with Crippen molar-refractivity contribution in [2.45, 2.75) is 6.92 Å². The van der Waals surface area contributed by atoms with Crippen molar-refractivity contribution in [3.05, 3.63) is 90.0 Å². The maximum absolute atomic E-state index is 5.47. The number of hydrogen-bond donors (Lipinski definition) is 1. The van der Waals surface area contributed by atoms with Gasteiger partial charge >= 0.3 is 0 Å². The van der Waals surface area contributed by atoms with Crippen LogP contribution in [0.3, 0.4) is 0 Å². The van der Waals surface area contributed by atoms with Crippen LogP contribution in [0.1, 0.15) is 11.1 Å². The van der Waals surface area contributed by atoms with Gasteiger partial charge in [0.05, 0.1) is 11.4 Å². The SMILES string of the molecule is Cc1ccc(N=Nc2cccc(C(=S)Nc3ccccc3)c2)cc1. The topological polar surface area (TPSA) is 36.8 Å². The standard InChI is InChI=1S/C20H17N3S/c1-15-10-12-18(13-11-15)22-23-19-9-5-6-16(14-19)20(24)21-17-7-3-2-4-8-17/h2-14H,1H3,(H,21,24). The molecule has 0 radical (unpaired) electrons. The van der Waals surface area contributed by atoms with Crippen LogP contribution in [0.5, 0.6) is 0 Å². The molecular formula is C20H17N3S. The largest absolute Gasteiger partial charge is 0.346 e. The van der Waals surface area contributed by atoms with Gasteiger partial charge in [0.15, 0.2) is 0 Å². The van der Waals surface area contributed by atoms with Gasteiger partial charge in [-0.05, 0) is 43.3 Å². The van der Waals surface area contributed by atoms with E-state index in [0.29, 0.717) is 4.99 Å². The molecule has 0 heterocycles. The first-order valence-corrected chi connectivity index (χ1v) is 8.06. The van der Waals surface area contributed by atoms with Gasteiger partial charge in [-0.2, -0.15) is 10.2 Å². The fourth-order valence-corrected chi connectivity index (χ4v) is 2.41. The molecule has 0 saturated heterocycles. The Morgan fingerprint density at radius 1 is 0.792 bits per heavy atom. The van der Waals surface area contributed by atoms with Gasteiger partial charge < -0.3 is 5.32 Å². The Balaban J connectivity index is 1.74. The van der Waals surface area contributed by atoms with Crippen molar-refractivity contribution in [1.82, 2.24) is 0 Å². The first-order chi connectivity index (χ1) is 11.7. The van der Waals surface area contributed by atoms with E-state index in [1.165, 1.54) is 5.56 Å². The van der Waals surface area contributed by atoms with Crippen molar-refractivity contribution >= 4 is 34.3 Å². The Hall–Kier alpha value is -2.85. The molecule has 0 aromatic heterocycles. The molecule has 0 bridgehead atoms. The van der Waals surface area contributed by atoms with Gasteiger partial charge in [-0.1, -0.05) is 60.2 Å². The van der Waals surface area contributed by atoms with Crippen LogP contribution in [0.4, 0.5) is 17.1 Å². The van der Waals surface area contributed by atoms with Crippen LogP contribution in [0.25, 0.3) is 0 Å². The fourth-order valence-electron chi connectivity index (χ4n) is 2.16. The zero-order chi connectivity index (χ0) is 16.8. The van der Waals surface area contributed by atoms with E-state index in [2.05, 4.69) is 15.5 Å². The van der Waals surface area contributed by atoms with E-state index < -0.39 is 0 Å². The quantitative estimate of drug-likeness (QED) is 0.456. The Bertz CT molecular complexity index is 856. The van der Waals surface area contributed by atoms with Gasteiger partial charge in [-0.25, -0.2) is 0 Å². The van der Waals surface area contributed by atoms with Crippen molar-refractivity contribution in [3.63, 3.8) is 0 Å². The van der Waals surface area contributed by atoms with Crippen molar-refractivity contribution in [3.8, 4) is 0 Å². The number of rotatable bonds is 4. The average molecular weight is 331 g/mol. The molecular weight excluding hydrogens is 314 g/mol. The number of benzene rings is 3. The summed E-state index contributed by atoms with van der Waals surface area (Å²) < 4.78 is 0. The molecule has 0 aliphatic rings. The molecule has 0 aliphatic carbocycles. The summed E-state index contributed by atoms with van der Waals surface area (Å²) in [6, 6.07) is 25.5. The van der Waals surface area contributed by atoms with Crippen LogP contribution >= 0.6 is 12.2 Å². The van der Waals surface area contributed by atoms with Gasteiger partial charge in [0, 0.05) is 11.3 Å². The summed E-state index contributed by atoms with van der Waals surface area (Å²) in [5.74, 6) is 0. The molecule has 3 rings (SSSR count). The second-order valence-corrected chi connectivity index (χ2v) is 5.81. The molecule has 3 nitrogen and oxygen atoms in total. The van der Waals surface area contributed by atoms with E-state index in [-0.39, 0.29) is 0 Å². The molecule has 4 heteroatoms. The van der Waals surface area contributed by atoms with Gasteiger partial charge in [0.1, 0.15) is 4.99 Å². The number of aryl methyl sites for hydroxylation is 1. The van der Waals surface area contributed by atoms with E-state index in [0.717, 1.165) is 22.6 Å². The molecule has 0 atom stereocenters. The zero-order valence-corrected chi connectivity index (χ0v) is 14.1. The highest BCUT2D eigenvalue weighted by atomic mass is 32.1. The average Bonchev–Trinajstić information content (AvgIpc) is 2.62. The van der Waals surface area contributed by atoms with Crippen molar-refractivity contribution in [2.24, 2.45) is 10.2 Å². The van der Waals surface area contributed by atoms with E-state index in [1.807, 2.05) is 85.8 Å². The van der Waals surface area contributed by atoms with Crippen molar-refractivity contribution in [2.75, 3.05) is 5.32 Å². The van der Waals surface area contributed by atoms with Crippen molar-refractivity contribution in [1.29, 1.82) is 0 Å². The highest BCUT2D eigenvalue weighted by Crippen LogP contribution is 2.20. The molecule has 0 aliphatic heterocycles. The van der Waals surface area contributed by atoms with Crippen LogP contribution < -0.4 is 5.32 Å². The summed E-state index contributed by atoms with van der Waals surface area (Å²) >= 11 is 5.47. The van der Waals surface area contributed by atoms with Gasteiger partial charge in [-0.3, -0.25) is 0 Å². The highest BCUT2D eigenvalue weighted by Gasteiger charge is 2.02. The summed E-state index contributed by atoms with van der Waals surface area (Å²) in [6.07, 6.45) is 0. The van der Waals surface area contributed by atoms with Gasteiger partial charge in [0.25, 0.3) is 0 Å². The van der Waals surface area contributed by atoms with Crippen LogP contribution in [-0.2, 0) is 0 Å². The summed E-state index contributed by atoms with van der Waals surface area (Å²) in [6.45, 7) is 2.05. The van der Waals surface area contributed by atoms with Crippen molar-refractivity contribution < 1.29 is 0 Å². The summed E-state index contributed by atoms with van der Waals surface area (Å²) in [5.41, 5.74) is 4.68. The smallest absolute Gasteiger partial charge is 0.111 e. The predicted octanol–water partition coefficient (Wildman–Crippen LogP) is 6.20. The third-order valence-electron chi connectivity index (χ3n) is 3.45. The molecule has 3 aromatic carbocycles. The Kier molecular flexibility index (Phi) is 5.08. The number of azo groups is 1. The Morgan fingerprint density at radius 3 is 2.25 bits per heavy atom. The molecule has 1 N–H and O–H groups in total. The number of hydrogen-bond acceptors (Lipinski definition) is 3. The predicted molar refractivity (Wildman–Crippen MR) is 104 cm³/mol. The summed E-state index contributed by atoms with van der Waals surface area (Å²) in [7, 11) is 0. The van der Waals surface area contributed by atoms with Gasteiger partial charge in [-0.15, -0.1) is 0 Å². The van der Waals surface area contributed by atoms with Crippen LogP contribution in [-0.4, -0.2) is 4.99 Å². The third-order valence-corrected chi connectivity index (χ3v) is 3.79. The first-order valence-electron chi connectivity index (χ1n) is 7.65. The molecule has 0 amide bonds. The monoisotopic (exact) mass is 331 g/mol. The van der Waals surface area contributed by atoms with E-state index >= 15 is 0 Å². The zero-order valence-electron chi connectivity index (χ0n) is 13.3. The van der Waals surface area contributed by atoms with Crippen LogP contribution in [0.15, 0.2) is 89.1 Å². The normalized spacial score (nSPS) is 10.7. The molecule has 0 saturated carbocycles. The lowest BCUT2D eigenvalue weighted by Crippen LogP contribution is -2.09. The highest BCUT2D eigenvalue weighted by molar-refractivity contribution is 7.81. The Labute approximate surface area is 147 Å². The minimum atomic E-state index is 0.661. The maximum atomic E-state index is 5.47. The van der Waals surface area contributed by atoms with E-state index in [9.17, 15) is 0 Å². The molecule has 118 valence electrons. The molecule has 3 aromatic rings. The molecule has 0 unspecified atom stereocenters. The second-order valence-electron chi connectivity index (χ2n) is 5.41. The summed E-state index contributed by atoms with van der Waals surface area (Å²) in [5, 5.41) is 11.8. The first kappa shape index (κ1) is 16.0. The number of anilines is 1. The lowest BCUT2D eigenvalue weighted by Gasteiger charge is -2.08. The third kappa shape index (κ3) is 4.33. The van der Waals surface area contributed by atoms with Crippen LogP contribution in [0, 0.1) is 6.92 Å². The summed E-state index contributed by atoms with van der Waals surface area (Å²) in [4.78, 5) is 0.661. The lowest BCUT2D eigenvalue weighted by atomic mass is 10.2.